The van der Waals surface area contributed by atoms with Crippen molar-refractivity contribution < 1.29 is 22.7 Å². The third-order valence-corrected chi connectivity index (χ3v) is 5.02. The number of halogens is 3. The van der Waals surface area contributed by atoms with Crippen molar-refractivity contribution in [3.8, 4) is 22.4 Å². The number of ether oxygens (including phenoxy) is 1. The molecule has 4 aromatic rings. The van der Waals surface area contributed by atoms with Crippen molar-refractivity contribution in [3.63, 3.8) is 0 Å². The van der Waals surface area contributed by atoms with E-state index in [1.807, 2.05) is 60.7 Å². The molecule has 1 heterocycles. The number of carbonyl (C=O) groups is 1. The predicted molar refractivity (Wildman–Crippen MR) is 124 cm³/mol. The number of esters is 1. The van der Waals surface area contributed by atoms with Crippen molar-refractivity contribution in [1.29, 1.82) is 0 Å². The van der Waals surface area contributed by atoms with Gasteiger partial charge in [-0.05, 0) is 30.7 Å². The van der Waals surface area contributed by atoms with Gasteiger partial charge in [-0.15, -0.1) is 10.2 Å². The molecule has 0 radical (unpaired) electrons. The van der Waals surface area contributed by atoms with Crippen LogP contribution < -0.4 is 5.32 Å². The molecule has 0 aliphatic carbocycles. The molecular formula is C26H20F3N3O2. The fraction of sp³-hybridized carbons (Fsp3) is 0.115. The Morgan fingerprint density at radius 2 is 1.53 bits per heavy atom. The largest absolute Gasteiger partial charge is 0.462 e. The summed E-state index contributed by atoms with van der Waals surface area (Å²) < 4.78 is 44.9. The van der Waals surface area contributed by atoms with Gasteiger partial charge in [-0.25, -0.2) is 4.79 Å². The van der Waals surface area contributed by atoms with Crippen LogP contribution in [0.1, 0.15) is 22.8 Å². The number of aromatic nitrogens is 2. The Bertz CT molecular complexity index is 1290. The van der Waals surface area contributed by atoms with Crippen LogP contribution in [0.3, 0.4) is 0 Å². The second-order valence-corrected chi connectivity index (χ2v) is 7.30. The molecule has 0 atom stereocenters. The highest BCUT2D eigenvalue weighted by atomic mass is 19.4. The molecular weight excluding hydrogens is 443 g/mol. The highest BCUT2D eigenvalue weighted by molar-refractivity contribution is 6.05. The minimum Gasteiger partial charge on any atom is -0.462 e. The van der Waals surface area contributed by atoms with E-state index in [2.05, 4.69) is 15.5 Å². The van der Waals surface area contributed by atoms with Crippen molar-refractivity contribution in [1.82, 2.24) is 10.2 Å². The number of nitrogens with one attached hydrogen (secondary N) is 1. The fourth-order valence-corrected chi connectivity index (χ4v) is 3.52. The van der Waals surface area contributed by atoms with Gasteiger partial charge in [0.15, 0.2) is 5.82 Å². The topological polar surface area (TPSA) is 64.1 Å². The van der Waals surface area contributed by atoms with Gasteiger partial charge in [0, 0.05) is 16.8 Å². The van der Waals surface area contributed by atoms with Gasteiger partial charge in [0.2, 0.25) is 0 Å². The highest BCUT2D eigenvalue weighted by Crippen LogP contribution is 2.38. The Morgan fingerprint density at radius 1 is 0.882 bits per heavy atom. The first-order valence-electron chi connectivity index (χ1n) is 10.5. The summed E-state index contributed by atoms with van der Waals surface area (Å²) in [5, 5.41) is 11.4. The molecule has 34 heavy (non-hydrogen) atoms. The van der Waals surface area contributed by atoms with E-state index in [4.69, 9.17) is 4.74 Å². The van der Waals surface area contributed by atoms with Crippen LogP contribution in [-0.2, 0) is 10.9 Å². The van der Waals surface area contributed by atoms with E-state index in [-0.39, 0.29) is 23.7 Å². The Hall–Kier alpha value is -4.20. The van der Waals surface area contributed by atoms with Crippen LogP contribution in [0, 0.1) is 0 Å². The molecule has 4 rings (SSSR count). The molecule has 0 fully saturated rings. The number of rotatable bonds is 6. The first kappa shape index (κ1) is 23.0. The smallest absolute Gasteiger partial charge is 0.416 e. The molecule has 5 nitrogen and oxygen atoms in total. The molecule has 8 heteroatoms. The molecule has 0 bridgehead atoms. The van der Waals surface area contributed by atoms with Gasteiger partial charge in [-0.3, -0.25) is 0 Å². The average Bonchev–Trinajstić information content (AvgIpc) is 2.84. The number of carbonyl (C=O) groups excluding carboxylic acids is 1. The zero-order valence-electron chi connectivity index (χ0n) is 18.1. The number of hydrogen-bond acceptors (Lipinski definition) is 5. The SMILES string of the molecule is CCOC(=O)c1c(Nc2cccc(C(F)(F)F)c2)nnc(-c2ccccc2)c1-c1ccccc1. The summed E-state index contributed by atoms with van der Waals surface area (Å²) in [4.78, 5) is 13.1. The lowest BCUT2D eigenvalue weighted by Gasteiger charge is -2.18. The van der Waals surface area contributed by atoms with E-state index >= 15 is 0 Å². The maximum atomic E-state index is 13.2. The Labute approximate surface area is 194 Å². The summed E-state index contributed by atoms with van der Waals surface area (Å²) in [5.41, 5.74) is 1.70. The van der Waals surface area contributed by atoms with Crippen molar-refractivity contribution in [3.05, 3.63) is 96.1 Å². The molecule has 0 amide bonds. The normalized spacial score (nSPS) is 11.2. The molecule has 1 aromatic heterocycles. The van der Waals surface area contributed by atoms with Crippen molar-refractivity contribution in [2.24, 2.45) is 0 Å². The number of nitrogens with zero attached hydrogens (tertiary/aromatic N) is 2. The molecule has 0 unspecified atom stereocenters. The Balaban J connectivity index is 1.94. The van der Waals surface area contributed by atoms with E-state index in [1.54, 1.807) is 6.92 Å². The van der Waals surface area contributed by atoms with Crippen molar-refractivity contribution in [2.75, 3.05) is 11.9 Å². The van der Waals surface area contributed by atoms with Crippen molar-refractivity contribution >= 4 is 17.5 Å². The van der Waals surface area contributed by atoms with Crippen LogP contribution in [0.4, 0.5) is 24.7 Å². The molecule has 0 spiro atoms. The zero-order valence-corrected chi connectivity index (χ0v) is 18.1. The minimum absolute atomic E-state index is 0.00342. The maximum Gasteiger partial charge on any atom is 0.416 e. The standard InChI is InChI=1S/C26H20F3N3O2/c1-2-34-25(33)22-21(17-10-5-3-6-11-17)23(18-12-7-4-8-13-18)31-32-24(22)30-20-15-9-14-19(16-20)26(27,28)29/h3-16H,2H2,1H3,(H,30,32). The second-order valence-electron chi connectivity index (χ2n) is 7.30. The monoisotopic (exact) mass is 463 g/mol. The maximum absolute atomic E-state index is 13.2. The molecule has 0 saturated carbocycles. The number of hydrogen-bond donors (Lipinski definition) is 1. The van der Waals surface area contributed by atoms with Crippen molar-refractivity contribution in [2.45, 2.75) is 13.1 Å². The summed E-state index contributed by atoms with van der Waals surface area (Å²) in [6, 6.07) is 23.0. The summed E-state index contributed by atoms with van der Waals surface area (Å²) in [7, 11) is 0. The quantitative estimate of drug-likeness (QED) is 0.321. The Kier molecular flexibility index (Phi) is 6.58. The fourth-order valence-electron chi connectivity index (χ4n) is 3.52. The number of alkyl halides is 3. The lowest BCUT2D eigenvalue weighted by atomic mass is 9.95. The summed E-state index contributed by atoms with van der Waals surface area (Å²) in [6.07, 6.45) is -4.51. The summed E-state index contributed by atoms with van der Waals surface area (Å²) >= 11 is 0. The minimum atomic E-state index is -4.51. The zero-order chi connectivity index (χ0) is 24.1. The van der Waals surface area contributed by atoms with Crippen LogP contribution in [0.5, 0.6) is 0 Å². The third kappa shape index (κ3) is 4.91. The molecule has 0 aliphatic rings. The number of anilines is 2. The first-order chi connectivity index (χ1) is 16.4. The van der Waals surface area contributed by atoms with Crippen LogP contribution in [0.15, 0.2) is 84.9 Å². The third-order valence-electron chi connectivity index (χ3n) is 5.02. The van der Waals surface area contributed by atoms with Crippen LogP contribution in [0.25, 0.3) is 22.4 Å². The number of benzene rings is 3. The summed E-state index contributed by atoms with van der Waals surface area (Å²) in [5.74, 6) is -0.667. The molecule has 172 valence electrons. The highest BCUT2D eigenvalue weighted by Gasteiger charge is 2.31. The molecule has 0 saturated heterocycles. The van der Waals surface area contributed by atoms with E-state index in [0.29, 0.717) is 16.8 Å². The van der Waals surface area contributed by atoms with Gasteiger partial charge in [-0.2, -0.15) is 13.2 Å². The van der Waals surface area contributed by atoms with Gasteiger partial charge in [0.05, 0.1) is 12.2 Å². The van der Waals surface area contributed by atoms with E-state index in [0.717, 1.165) is 17.7 Å². The van der Waals surface area contributed by atoms with E-state index in [1.165, 1.54) is 12.1 Å². The first-order valence-corrected chi connectivity index (χ1v) is 10.5. The van der Waals surface area contributed by atoms with Crippen LogP contribution >= 0.6 is 0 Å². The van der Waals surface area contributed by atoms with Gasteiger partial charge >= 0.3 is 12.1 Å². The molecule has 3 aromatic carbocycles. The molecule has 0 aliphatic heterocycles. The van der Waals surface area contributed by atoms with Gasteiger partial charge < -0.3 is 10.1 Å². The average molecular weight is 463 g/mol. The lowest BCUT2D eigenvalue weighted by Crippen LogP contribution is -2.14. The van der Waals surface area contributed by atoms with Crippen LogP contribution in [0.2, 0.25) is 0 Å². The van der Waals surface area contributed by atoms with Gasteiger partial charge in [-0.1, -0.05) is 66.7 Å². The predicted octanol–water partition coefficient (Wildman–Crippen LogP) is 6.75. The Morgan fingerprint density at radius 3 is 2.15 bits per heavy atom. The molecule has 1 N–H and O–H groups in total. The van der Waals surface area contributed by atoms with E-state index in [9.17, 15) is 18.0 Å². The lowest BCUT2D eigenvalue weighted by molar-refractivity contribution is -0.137. The van der Waals surface area contributed by atoms with Crippen LogP contribution in [-0.4, -0.2) is 22.8 Å². The second kappa shape index (κ2) is 9.74. The van der Waals surface area contributed by atoms with Gasteiger partial charge in [0.25, 0.3) is 0 Å². The van der Waals surface area contributed by atoms with Gasteiger partial charge in [0.1, 0.15) is 11.3 Å². The van der Waals surface area contributed by atoms with E-state index < -0.39 is 17.7 Å². The summed E-state index contributed by atoms with van der Waals surface area (Å²) in [6.45, 7) is 1.78.